The fourth-order valence-corrected chi connectivity index (χ4v) is 3.34. The first-order valence-electron chi connectivity index (χ1n) is 9.24. The number of nitro groups is 1. The van der Waals surface area contributed by atoms with E-state index in [9.17, 15) is 14.9 Å². The monoisotopic (exact) mass is 359 g/mol. The van der Waals surface area contributed by atoms with Gasteiger partial charge in [0.2, 0.25) is 5.91 Å². The van der Waals surface area contributed by atoms with Gasteiger partial charge in [-0.1, -0.05) is 19.1 Å². The van der Waals surface area contributed by atoms with E-state index < -0.39 is 4.92 Å². The summed E-state index contributed by atoms with van der Waals surface area (Å²) in [4.78, 5) is 27.3. The molecule has 0 saturated heterocycles. The molecule has 6 heteroatoms. The first kappa shape index (κ1) is 20.1. The Labute approximate surface area is 155 Å². The van der Waals surface area contributed by atoms with Crippen LogP contribution in [0.25, 0.3) is 6.08 Å². The third-order valence-electron chi connectivity index (χ3n) is 5.00. The molecule has 1 aromatic carbocycles. The van der Waals surface area contributed by atoms with Crippen molar-refractivity contribution >= 4 is 17.7 Å². The average molecular weight is 359 g/mol. The summed E-state index contributed by atoms with van der Waals surface area (Å²) in [5.41, 5.74) is 0.697. The minimum absolute atomic E-state index is 0.0158. The summed E-state index contributed by atoms with van der Waals surface area (Å²) in [5, 5.41) is 10.9. The molecule has 1 aliphatic rings. The molecule has 0 radical (unpaired) electrons. The number of carbonyl (C=O) groups excluding carboxylic acids is 1. The smallest absolute Gasteiger partial charge is 0.270 e. The molecular formula is C20H29N3O3. The first-order valence-corrected chi connectivity index (χ1v) is 9.24. The quantitative estimate of drug-likeness (QED) is 0.424. The van der Waals surface area contributed by atoms with Crippen LogP contribution in [0.15, 0.2) is 30.3 Å². The van der Waals surface area contributed by atoms with Crippen LogP contribution in [0.3, 0.4) is 0 Å². The van der Waals surface area contributed by atoms with Crippen LogP contribution in [-0.2, 0) is 4.79 Å². The van der Waals surface area contributed by atoms with Gasteiger partial charge in [-0.3, -0.25) is 14.9 Å². The predicted molar refractivity (Wildman–Crippen MR) is 104 cm³/mol. The maximum atomic E-state index is 12.8. The van der Waals surface area contributed by atoms with Crippen LogP contribution in [0.4, 0.5) is 5.69 Å². The molecule has 142 valence electrons. The van der Waals surface area contributed by atoms with Crippen LogP contribution in [0.2, 0.25) is 0 Å². The molecule has 26 heavy (non-hydrogen) atoms. The van der Waals surface area contributed by atoms with E-state index in [1.807, 2.05) is 19.0 Å². The molecule has 1 fully saturated rings. The molecule has 0 bridgehead atoms. The molecule has 2 rings (SSSR count). The van der Waals surface area contributed by atoms with Crippen molar-refractivity contribution in [2.24, 2.45) is 5.92 Å². The molecule has 0 atom stereocenters. The van der Waals surface area contributed by atoms with Crippen LogP contribution in [0, 0.1) is 16.0 Å². The van der Waals surface area contributed by atoms with Crippen LogP contribution in [0.1, 0.15) is 38.2 Å². The summed E-state index contributed by atoms with van der Waals surface area (Å²) in [6.07, 6.45) is 7.63. The molecule has 0 unspecified atom stereocenters. The number of hydrogen-bond donors (Lipinski definition) is 0. The van der Waals surface area contributed by atoms with E-state index in [4.69, 9.17) is 0 Å². The van der Waals surface area contributed by atoms with Gasteiger partial charge < -0.3 is 9.80 Å². The van der Waals surface area contributed by atoms with Crippen molar-refractivity contribution in [3.8, 4) is 0 Å². The third-order valence-corrected chi connectivity index (χ3v) is 5.00. The highest BCUT2D eigenvalue weighted by Gasteiger charge is 2.26. The Balaban J connectivity index is 2.09. The van der Waals surface area contributed by atoms with Crippen LogP contribution in [-0.4, -0.2) is 53.9 Å². The second-order valence-electron chi connectivity index (χ2n) is 7.43. The highest BCUT2D eigenvalue weighted by Crippen LogP contribution is 2.27. The Hall–Kier alpha value is -2.21. The maximum Gasteiger partial charge on any atom is 0.270 e. The minimum Gasteiger partial charge on any atom is -0.335 e. The number of carbonyl (C=O) groups is 1. The molecule has 1 aromatic rings. The molecule has 0 heterocycles. The lowest BCUT2D eigenvalue weighted by molar-refractivity contribution is -0.384. The standard InChI is InChI=1S/C20H29N3O3/c1-16-7-10-18(11-8-16)22(14-13-21(2)3)20(24)12-9-17-5-4-6-19(15-17)23(25)26/h4-6,9,12,15-16,18H,7-8,10-11,13-14H2,1-3H3/b12-9+. The van der Waals surface area contributed by atoms with Gasteiger partial charge in [-0.05, 0) is 57.3 Å². The zero-order chi connectivity index (χ0) is 19.1. The molecule has 6 nitrogen and oxygen atoms in total. The summed E-state index contributed by atoms with van der Waals surface area (Å²) < 4.78 is 0. The van der Waals surface area contributed by atoms with Gasteiger partial charge in [0, 0.05) is 37.3 Å². The van der Waals surface area contributed by atoms with E-state index in [0.717, 1.165) is 38.1 Å². The Morgan fingerprint density at radius 1 is 1.23 bits per heavy atom. The van der Waals surface area contributed by atoms with E-state index in [1.165, 1.54) is 12.1 Å². The summed E-state index contributed by atoms with van der Waals surface area (Å²) in [7, 11) is 4.01. The van der Waals surface area contributed by atoms with E-state index in [-0.39, 0.29) is 17.6 Å². The zero-order valence-electron chi connectivity index (χ0n) is 15.9. The van der Waals surface area contributed by atoms with Gasteiger partial charge in [0.05, 0.1) is 4.92 Å². The number of hydrogen-bond acceptors (Lipinski definition) is 4. The van der Waals surface area contributed by atoms with Gasteiger partial charge in [0.1, 0.15) is 0 Å². The van der Waals surface area contributed by atoms with Crippen LogP contribution in [0.5, 0.6) is 0 Å². The van der Waals surface area contributed by atoms with Crippen molar-refractivity contribution in [1.29, 1.82) is 0 Å². The lowest BCUT2D eigenvalue weighted by atomic mass is 9.86. The number of non-ortho nitro benzene ring substituents is 1. The van der Waals surface area contributed by atoms with Crippen molar-refractivity contribution in [3.63, 3.8) is 0 Å². The summed E-state index contributed by atoms with van der Waals surface area (Å²) in [6, 6.07) is 6.62. The van der Waals surface area contributed by atoms with Gasteiger partial charge in [0.15, 0.2) is 0 Å². The summed E-state index contributed by atoms with van der Waals surface area (Å²) in [5.74, 6) is 0.718. The van der Waals surface area contributed by atoms with Gasteiger partial charge >= 0.3 is 0 Å². The lowest BCUT2D eigenvalue weighted by Gasteiger charge is -2.36. The first-order chi connectivity index (χ1) is 12.4. The van der Waals surface area contributed by atoms with E-state index in [1.54, 1.807) is 24.3 Å². The lowest BCUT2D eigenvalue weighted by Crippen LogP contribution is -2.44. The van der Waals surface area contributed by atoms with Gasteiger partial charge in [-0.25, -0.2) is 0 Å². The van der Waals surface area contributed by atoms with Gasteiger partial charge in [-0.2, -0.15) is 0 Å². The average Bonchev–Trinajstić information content (AvgIpc) is 2.61. The van der Waals surface area contributed by atoms with E-state index in [0.29, 0.717) is 12.1 Å². The molecule has 1 amide bonds. The number of rotatable bonds is 7. The molecule has 1 saturated carbocycles. The molecule has 0 aromatic heterocycles. The zero-order valence-corrected chi connectivity index (χ0v) is 15.9. The van der Waals surface area contributed by atoms with Crippen molar-refractivity contribution in [2.75, 3.05) is 27.2 Å². The number of amides is 1. The Kier molecular flexibility index (Phi) is 7.33. The van der Waals surface area contributed by atoms with Gasteiger partial charge in [-0.15, -0.1) is 0 Å². The normalized spacial score (nSPS) is 20.5. The Morgan fingerprint density at radius 3 is 2.54 bits per heavy atom. The van der Waals surface area contributed by atoms with Crippen LogP contribution < -0.4 is 0 Å². The number of nitrogens with zero attached hydrogens (tertiary/aromatic N) is 3. The van der Waals surface area contributed by atoms with Crippen molar-refractivity contribution in [3.05, 3.63) is 46.0 Å². The fourth-order valence-electron chi connectivity index (χ4n) is 3.34. The predicted octanol–water partition coefficient (Wildman–Crippen LogP) is 3.58. The SMILES string of the molecule is CC1CCC(N(CCN(C)C)C(=O)/C=C/c2cccc([N+](=O)[O-])c2)CC1. The molecular weight excluding hydrogens is 330 g/mol. The second kappa shape index (κ2) is 9.48. The van der Waals surface area contributed by atoms with Gasteiger partial charge in [0.25, 0.3) is 5.69 Å². The third kappa shape index (κ3) is 5.95. The molecule has 0 N–H and O–H groups in total. The van der Waals surface area contributed by atoms with Crippen molar-refractivity contribution in [1.82, 2.24) is 9.80 Å². The Bertz CT molecular complexity index is 649. The summed E-state index contributed by atoms with van der Waals surface area (Å²) in [6.45, 7) is 3.79. The van der Waals surface area contributed by atoms with E-state index in [2.05, 4.69) is 11.8 Å². The van der Waals surface area contributed by atoms with Crippen molar-refractivity contribution < 1.29 is 9.72 Å². The summed E-state index contributed by atoms with van der Waals surface area (Å²) >= 11 is 0. The Morgan fingerprint density at radius 2 is 1.92 bits per heavy atom. The molecule has 0 aliphatic heterocycles. The largest absolute Gasteiger partial charge is 0.335 e. The number of likely N-dealkylation sites (N-methyl/N-ethyl adjacent to an activating group) is 1. The minimum atomic E-state index is -0.425. The second-order valence-corrected chi connectivity index (χ2v) is 7.43. The van der Waals surface area contributed by atoms with Crippen LogP contribution >= 0.6 is 0 Å². The fraction of sp³-hybridized carbons (Fsp3) is 0.550. The number of benzene rings is 1. The highest BCUT2D eigenvalue weighted by atomic mass is 16.6. The molecule has 0 spiro atoms. The topological polar surface area (TPSA) is 66.7 Å². The highest BCUT2D eigenvalue weighted by molar-refractivity contribution is 5.92. The maximum absolute atomic E-state index is 12.8. The van der Waals surface area contributed by atoms with E-state index >= 15 is 0 Å². The number of nitro benzene ring substituents is 1. The molecule has 1 aliphatic carbocycles. The van der Waals surface area contributed by atoms with Crippen molar-refractivity contribution in [2.45, 2.75) is 38.6 Å².